The maximum Gasteiger partial charge on any atom is 0.250 e. The number of nitrogens with zero attached hydrogens (tertiary/aromatic N) is 2. The lowest BCUT2D eigenvalue weighted by Gasteiger charge is -2.15. The number of fused-ring (bicyclic) bond motifs is 3. The van der Waals surface area contributed by atoms with Gasteiger partial charge in [0.15, 0.2) is 0 Å². The molecule has 0 spiro atoms. The maximum atomic E-state index is 9.95. The maximum absolute atomic E-state index is 9.95. The van der Waals surface area contributed by atoms with Crippen LogP contribution in [0.5, 0.6) is 0 Å². The molecule has 0 saturated heterocycles. The van der Waals surface area contributed by atoms with Gasteiger partial charge in [0.05, 0.1) is 5.69 Å². The molecule has 4 nitrogen and oxygen atoms in total. The molecule has 2 aromatic carbocycles. The molecule has 0 radical (unpaired) electrons. The van der Waals surface area contributed by atoms with E-state index in [1.807, 2.05) is 12.1 Å². The van der Waals surface area contributed by atoms with E-state index in [-0.39, 0.29) is 0 Å². The number of H-pyrrole nitrogens is 1. The topological polar surface area (TPSA) is 55.7 Å². The van der Waals surface area contributed by atoms with Crippen LogP contribution in [0.3, 0.4) is 0 Å². The SMILES string of the molecule is Cc1ccc(Nc2c(CCC(C)C)c(C)c(C#N)c3[nH]c4ccccc4[n+]23)cc1. The van der Waals surface area contributed by atoms with Gasteiger partial charge in [-0.3, -0.25) is 10.3 Å². The summed E-state index contributed by atoms with van der Waals surface area (Å²) in [5, 5.41) is 13.6. The first-order valence-corrected chi connectivity index (χ1v) is 10.2. The van der Waals surface area contributed by atoms with Gasteiger partial charge in [-0.2, -0.15) is 9.66 Å². The molecule has 0 bridgehead atoms. The van der Waals surface area contributed by atoms with Gasteiger partial charge in [-0.25, -0.2) is 0 Å². The summed E-state index contributed by atoms with van der Waals surface area (Å²) in [5.41, 5.74) is 8.19. The average Bonchev–Trinajstić information content (AvgIpc) is 3.08. The van der Waals surface area contributed by atoms with E-state index in [9.17, 15) is 5.26 Å². The number of imidazole rings is 1. The molecule has 2 heterocycles. The molecular formula is C25H27N4+. The number of aromatic amines is 1. The van der Waals surface area contributed by atoms with Crippen LogP contribution >= 0.6 is 0 Å². The molecule has 0 saturated carbocycles. The number of nitriles is 1. The van der Waals surface area contributed by atoms with E-state index in [4.69, 9.17) is 0 Å². The number of hydrogen-bond donors (Lipinski definition) is 2. The second kappa shape index (κ2) is 7.60. The summed E-state index contributed by atoms with van der Waals surface area (Å²) in [7, 11) is 0. The van der Waals surface area contributed by atoms with E-state index in [0.29, 0.717) is 5.92 Å². The lowest BCUT2D eigenvalue weighted by molar-refractivity contribution is -0.465. The Morgan fingerprint density at radius 2 is 1.79 bits per heavy atom. The van der Waals surface area contributed by atoms with Crippen LogP contribution in [0.2, 0.25) is 0 Å². The highest BCUT2D eigenvalue weighted by molar-refractivity contribution is 5.78. The largest absolute Gasteiger partial charge is 0.273 e. The molecule has 0 aliphatic heterocycles. The van der Waals surface area contributed by atoms with Crippen LogP contribution in [-0.2, 0) is 6.42 Å². The number of para-hydroxylation sites is 2. The van der Waals surface area contributed by atoms with Gasteiger partial charge >= 0.3 is 0 Å². The Hall–Kier alpha value is -3.32. The van der Waals surface area contributed by atoms with Crippen LogP contribution < -0.4 is 9.72 Å². The number of nitrogens with one attached hydrogen (secondary N) is 2. The molecular weight excluding hydrogens is 356 g/mol. The van der Waals surface area contributed by atoms with E-state index in [1.165, 1.54) is 11.1 Å². The number of aryl methyl sites for hydroxylation is 1. The van der Waals surface area contributed by atoms with Crippen LogP contribution in [-0.4, -0.2) is 4.98 Å². The van der Waals surface area contributed by atoms with E-state index in [0.717, 1.165) is 52.2 Å². The summed E-state index contributed by atoms with van der Waals surface area (Å²) in [4.78, 5) is 3.47. The van der Waals surface area contributed by atoms with Crippen molar-refractivity contribution in [1.29, 1.82) is 5.26 Å². The lowest BCUT2D eigenvalue weighted by atomic mass is 9.96. The van der Waals surface area contributed by atoms with Gasteiger partial charge in [0.2, 0.25) is 11.5 Å². The number of rotatable bonds is 5. The standard InChI is InChI=1S/C25H26N4/c1-16(2)9-14-20-18(4)21(15-26)25-28-22-7-5-6-8-23(22)29(25)24(20)27-19-12-10-17(3)11-13-19/h5-8,10-13,16H,9,14H2,1-4H3,(H,27,28)/p+1. The first kappa shape index (κ1) is 19.0. The van der Waals surface area contributed by atoms with Crippen LogP contribution in [0.4, 0.5) is 11.5 Å². The van der Waals surface area contributed by atoms with Crippen molar-refractivity contribution in [3.05, 3.63) is 70.8 Å². The molecule has 4 rings (SSSR count). The molecule has 2 aromatic heterocycles. The smallest absolute Gasteiger partial charge is 0.250 e. The average molecular weight is 384 g/mol. The van der Waals surface area contributed by atoms with Gasteiger partial charge in [0.25, 0.3) is 0 Å². The highest BCUT2D eigenvalue weighted by Crippen LogP contribution is 2.29. The minimum absolute atomic E-state index is 0.593. The van der Waals surface area contributed by atoms with Crippen molar-refractivity contribution in [1.82, 2.24) is 4.98 Å². The highest BCUT2D eigenvalue weighted by Gasteiger charge is 2.25. The molecule has 146 valence electrons. The molecule has 0 unspecified atom stereocenters. The van der Waals surface area contributed by atoms with Crippen LogP contribution in [0.25, 0.3) is 16.7 Å². The molecule has 0 aliphatic carbocycles. The first-order valence-electron chi connectivity index (χ1n) is 10.2. The fourth-order valence-corrected chi connectivity index (χ4v) is 3.91. The molecule has 4 heteroatoms. The highest BCUT2D eigenvalue weighted by atomic mass is 15.1. The third-order valence-corrected chi connectivity index (χ3v) is 5.59. The fourth-order valence-electron chi connectivity index (χ4n) is 3.91. The Balaban J connectivity index is 2.03. The van der Waals surface area contributed by atoms with E-state index < -0.39 is 0 Å². The Bertz CT molecular complexity index is 1220. The van der Waals surface area contributed by atoms with Crippen LogP contribution in [0, 0.1) is 31.1 Å². The Morgan fingerprint density at radius 1 is 1.07 bits per heavy atom. The fraction of sp³-hybridized carbons (Fsp3) is 0.280. The number of benzene rings is 2. The summed E-state index contributed by atoms with van der Waals surface area (Å²) >= 11 is 0. The number of pyridine rings is 1. The van der Waals surface area contributed by atoms with Crippen molar-refractivity contribution < 1.29 is 4.40 Å². The zero-order valence-corrected chi connectivity index (χ0v) is 17.5. The zero-order chi connectivity index (χ0) is 20.5. The van der Waals surface area contributed by atoms with Crippen molar-refractivity contribution in [3.8, 4) is 6.07 Å². The van der Waals surface area contributed by atoms with E-state index in [2.05, 4.69) is 84.9 Å². The Labute approximate surface area is 171 Å². The summed E-state index contributed by atoms with van der Waals surface area (Å²) in [6.45, 7) is 8.65. The molecule has 0 amide bonds. The van der Waals surface area contributed by atoms with Gasteiger partial charge < -0.3 is 0 Å². The molecule has 4 aromatic rings. The second-order valence-corrected chi connectivity index (χ2v) is 8.19. The molecule has 0 fully saturated rings. The van der Waals surface area contributed by atoms with Crippen molar-refractivity contribution in [2.75, 3.05) is 5.32 Å². The van der Waals surface area contributed by atoms with E-state index in [1.54, 1.807) is 0 Å². The number of hydrogen-bond acceptors (Lipinski definition) is 2. The predicted molar refractivity (Wildman–Crippen MR) is 119 cm³/mol. The van der Waals surface area contributed by atoms with Crippen molar-refractivity contribution >= 4 is 28.2 Å². The molecule has 2 N–H and O–H groups in total. The second-order valence-electron chi connectivity index (χ2n) is 8.19. The first-order chi connectivity index (χ1) is 14.0. The Morgan fingerprint density at radius 3 is 2.48 bits per heavy atom. The van der Waals surface area contributed by atoms with Gasteiger partial charge in [0, 0.05) is 5.56 Å². The summed E-state index contributed by atoms with van der Waals surface area (Å²) in [6, 6.07) is 19.1. The third-order valence-electron chi connectivity index (χ3n) is 5.59. The van der Waals surface area contributed by atoms with E-state index >= 15 is 0 Å². The molecule has 0 atom stereocenters. The number of aromatic nitrogens is 2. The number of anilines is 2. The van der Waals surface area contributed by atoms with Crippen LogP contribution in [0.1, 0.15) is 42.5 Å². The minimum Gasteiger partial charge on any atom is -0.273 e. The van der Waals surface area contributed by atoms with Gasteiger partial charge in [-0.05, 0) is 62.4 Å². The zero-order valence-electron chi connectivity index (χ0n) is 17.5. The Kier molecular flexibility index (Phi) is 4.98. The molecule has 29 heavy (non-hydrogen) atoms. The molecule has 0 aliphatic rings. The predicted octanol–water partition coefficient (Wildman–Crippen LogP) is 5.73. The third kappa shape index (κ3) is 3.45. The van der Waals surface area contributed by atoms with Crippen molar-refractivity contribution in [2.45, 2.75) is 40.5 Å². The summed E-state index contributed by atoms with van der Waals surface area (Å²) < 4.78 is 2.18. The monoisotopic (exact) mass is 383 g/mol. The normalized spacial score (nSPS) is 11.3. The van der Waals surface area contributed by atoms with Gasteiger partial charge in [0.1, 0.15) is 22.7 Å². The van der Waals surface area contributed by atoms with Gasteiger partial charge in [-0.15, -0.1) is 0 Å². The van der Waals surface area contributed by atoms with Crippen molar-refractivity contribution in [2.24, 2.45) is 5.92 Å². The van der Waals surface area contributed by atoms with Crippen molar-refractivity contribution in [3.63, 3.8) is 0 Å². The lowest BCUT2D eigenvalue weighted by Crippen LogP contribution is -2.28. The quantitative estimate of drug-likeness (QED) is 0.433. The summed E-state index contributed by atoms with van der Waals surface area (Å²) in [5.74, 6) is 1.63. The van der Waals surface area contributed by atoms with Gasteiger partial charge in [-0.1, -0.05) is 43.7 Å². The van der Waals surface area contributed by atoms with Crippen LogP contribution in [0.15, 0.2) is 48.5 Å². The summed E-state index contributed by atoms with van der Waals surface area (Å²) in [6.07, 6.45) is 2.00. The minimum atomic E-state index is 0.593.